The van der Waals surface area contributed by atoms with E-state index in [0.29, 0.717) is 0 Å². The van der Waals surface area contributed by atoms with Crippen LogP contribution in [0.25, 0.3) is 0 Å². The van der Waals surface area contributed by atoms with Gasteiger partial charge in [0.15, 0.2) is 0 Å². The summed E-state index contributed by atoms with van der Waals surface area (Å²) in [5, 5.41) is 0. The summed E-state index contributed by atoms with van der Waals surface area (Å²) >= 11 is 3.29. The second-order valence-electron chi connectivity index (χ2n) is 1.85. The molecule has 0 bridgehead atoms. The van der Waals surface area contributed by atoms with E-state index in [9.17, 15) is 0 Å². The van der Waals surface area contributed by atoms with Crippen molar-refractivity contribution in [2.24, 2.45) is 5.73 Å². The van der Waals surface area contributed by atoms with Crippen molar-refractivity contribution in [3.05, 3.63) is 22.3 Å². The Balaban J connectivity index is 0. The standard InChI is InChI=1S/C7H12BrN.C2H6/c1-3-7(9)5-4-6(2)8;1-2/h4-5H,3,9H2,1-2H3;1-2H3/b6-4+,7-5+;. The van der Waals surface area contributed by atoms with Gasteiger partial charge in [-0.25, -0.2) is 0 Å². The lowest BCUT2D eigenvalue weighted by atomic mass is 10.3. The molecule has 0 unspecified atom stereocenters. The fourth-order valence-electron chi connectivity index (χ4n) is 0.340. The van der Waals surface area contributed by atoms with Crippen molar-refractivity contribution in [3.63, 3.8) is 0 Å². The summed E-state index contributed by atoms with van der Waals surface area (Å²) in [6.07, 6.45) is 4.76. The summed E-state index contributed by atoms with van der Waals surface area (Å²) < 4.78 is 1.10. The zero-order chi connectivity index (χ0) is 9.28. The van der Waals surface area contributed by atoms with Crippen LogP contribution in [0.2, 0.25) is 0 Å². The second kappa shape index (κ2) is 9.76. The van der Waals surface area contributed by atoms with Crippen LogP contribution < -0.4 is 5.73 Å². The highest BCUT2D eigenvalue weighted by Gasteiger charge is 1.79. The number of hydrogen-bond donors (Lipinski definition) is 1. The van der Waals surface area contributed by atoms with Gasteiger partial charge in [0.1, 0.15) is 0 Å². The molecule has 0 fully saturated rings. The summed E-state index contributed by atoms with van der Waals surface area (Å²) in [7, 11) is 0. The summed E-state index contributed by atoms with van der Waals surface area (Å²) in [4.78, 5) is 0. The molecule has 0 aromatic rings. The predicted octanol–water partition coefficient (Wildman–Crippen LogP) is 3.56. The molecule has 0 aliphatic carbocycles. The molecule has 0 spiro atoms. The van der Waals surface area contributed by atoms with E-state index >= 15 is 0 Å². The predicted molar refractivity (Wildman–Crippen MR) is 56.6 cm³/mol. The van der Waals surface area contributed by atoms with Crippen LogP contribution in [-0.2, 0) is 0 Å². The highest BCUT2D eigenvalue weighted by atomic mass is 79.9. The molecule has 0 saturated carbocycles. The van der Waals surface area contributed by atoms with Gasteiger partial charge in [-0.05, 0) is 23.9 Å². The molecule has 0 aliphatic rings. The average molecular weight is 220 g/mol. The van der Waals surface area contributed by atoms with Crippen LogP contribution in [-0.4, -0.2) is 0 Å². The molecule has 2 heteroatoms. The first-order valence-electron chi connectivity index (χ1n) is 3.95. The molecule has 0 heterocycles. The number of allylic oxidation sites excluding steroid dienone is 4. The lowest BCUT2D eigenvalue weighted by Gasteiger charge is -1.89. The molecule has 0 aromatic carbocycles. The van der Waals surface area contributed by atoms with Crippen molar-refractivity contribution in [2.75, 3.05) is 0 Å². The van der Waals surface area contributed by atoms with E-state index in [1.165, 1.54) is 0 Å². The van der Waals surface area contributed by atoms with E-state index in [4.69, 9.17) is 5.73 Å². The molecule has 0 radical (unpaired) electrons. The van der Waals surface area contributed by atoms with E-state index < -0.39 is 0 Å². The quantitative estimate of drug-likeness (QED) is 0.707. The van der Waals surface area contributed by atoms with Gasteiger partial charge >= 0.3 is 0 Å². The normalized spacial score (nSPS) is 12.1. The van der Waals surface area contributed by atoms with Gasteiger partial charge in [0.05, 0.1) is 0 Å². The molecular formula is C9H18BrN. The Kier molecular flexibility index (Phi) is 11.9. The number of hydrogen-bond acceptors (Lipinski definition) is 1. The zero-order valence-electron chi connectivity index (χ0n) is 7.82. The minimum atomic E-state index is 0.911. The van der Waals surface area contributed by atoms with Gasteiger partial charge in [-0.15, -0.1) is 0 Å². The van der Waals surface area contributed by atoms with Crippen LogP contribution in [0.5, 0.6) is 0 Å². The number of halogens is 1. The van der Waals surface area contributed by atoms with Crippen LogP contribution in [0.1, 0.15) is 34.1 Å². The maximum Gasteiger partial charge on any atom is 0.00779 e. The zero-order valence-corrected chi connectivity index (χ0v) is 9.40. The number of nitrogens with two attached hydrogens (primary N) is 1. The van der Waals surface area contributed by atoms with Gasteiger partial charge in [0.2, 0.25) is 0 Å². The van der Waals surface area contributed by atoms with Crippen LogP contribution in [0.4, 0.5) is 0 Å². The van der Waals surface area contributed by atoms with Crippen LogP contribution in [0, 0.1) is 0 Å². The van der Waals surface area contributed by atoms with Crippen molar-refractivity contribution < 1.29 is 0 Å². The first-order chi connectivity index (χ1) is 5.16. The highest BCUT2D eigenvalue weighted by molar-refractivity contribution is 9.11. The van der Waals surface area contributed by atoms with Crippen molar-refractivity contribution >= 4 is 15.9 Å². The Morgan fingerprint density at radius 3 is 2.09 bits per heavy atom. The van der Waals surface area contributed by atoms with E-state index in [1.54, 1.807) is 0 Å². The SMILES string of the molecule is CC.CC/C(N)=C\C=C(/C)Br. The van der Waals surface area contributed by atoms with Gasteiger partial charge < -0.3 is 5.73 Å². The Labute approximate surface area is 78.5 Å². The maximum absolute atomic E-state index is 5.52. The van der Waals surface area contributed by atoms with Gasteiger partial charge in [0.25, 0.3) is 0 Å². The summed E-state index contributed by atoms with van der Waals surface area (Å²) in [6.45, 7) is 8.00. The second-order valence-corrected chi connectivity index (χ2v) is 3.10. The third kappa shape index (κ3) is 12.9. The van der Waals surface area contributed by atoms with E-state index in [0.717, 1.165) is 16.6 Å². The summed E-state index contributed by atoms with van der Waals surface area (Å²) in [5.74, 6) is 0. The first kappa shape index (κ1) is 13.4. The Morgan fingerprint density at radius 2 is 1.82 bits per heavy atom. The lowest BCUT2D eigenvalue weighted by molar-refractivity contribution is 1.07. The molecular weight excluding hydrogens is 202 g/mol. The summed E-state index contributed by atoms with van der Waals surface area (Å²) in [5.41, 5.74) is 6.43. The Hall–Kier alpha value is -0.240. The molecule has 1 nitrogen and oxygen atoms in total. The van der Waals surface area contributed by atoms with Crippen LogP contribution in [0.3, 0.4) is 0 Å². The van der Waals surface area contributed by atoms with Gasteiger partial charge in [-0.2, -0.15) is 0 Å². The fraction of sp³-hybridized carbons (Fsp3) is 0.556. The van der Waals surface area contributed by atoms with Crippen LogP contribution >= 0.6 is 15.9 Å². The fourth-order valence-corrected chi connectivity index (χ4v) is 0.472. The minimum absolute atomic E-state index is 0.911. The summed E-state index contributed by atoms with van der Waals surface area (Å²) in [6, 6.07) is 0. The minimum Gasteiger partial charge on any atom is -0.402 e. The van der Waals surface area contributed by atoms with Crippen molar-refractivity contribution in [1.29, 1.82) is 0 Å². The Morgan fingerprint density at radius 1 is 1.36 bits per heavy atom. The monoisotopic (exact) mass is 219 g/mol. The highest BCUT2D eigenvalue weighted by Crippen LogP contribution is 2.02. The average Bonchev–Trinajstić information content (AvgIpc) is 2.04. The molecule has 2 N–H and O–H groups in total. The molecule has 0 amide bonds. The van der Waals surface area contributed by atoms with Gasteiger partial charge in [0, 0.05) is 5.70 Å². The third-order valence-corrected chi connectivity index (χ3v) is 1.20. The topological polar surface area (TPSA) is 26.0 Å². The smallest absolute Gasteiger partial charge is 0.00779 e. The van der Waals surface area contributed by atoms with Crippen molar-refractivity contribution in [2.45, 2.75) is 34.1 Å². The molecule has 0 aromatic heterocycles. The van der Waals surface area contributed by atoms with Gasteiger partial charge in [-0.1, -0.05) is 42.8 Å². The Bertz CT molecular complexity index is 132. The molecule has 0 rings (SSSR count). The van der Waals surface area contributed by atoms with E-state index in [-0.39, 0.29) is 0 Å². The largest absolute Gasteiger partial charge is 0.402 e. The molecule has 11 heavy (non-hydrogen) atoms. The number of rotatable bonds is 2. The molecule has 0 saturated heterocycles. The first-order valence-corrected chi connectivity index (χ1v) is 4.74. The maximum atomic E-state index is 5.52. The van der Waals surface area contributed by atoms with E-state index in [1.807, 2.05) is 39.8 Å². The van der Waals surface area contributed by atoms with Crippen molar-refractivity contribution in [1.82, 2.24) is 0 Å². The van der Waals surface area contributed by atoms with E-state index in [2.05, 4.69) is 15.9 Å². The lowest BCUT2D eigenvalue weighted by Crippen LogP contribution is -1.92. The van der Waals surface area contributed by atoms with Crippen LogP contribution in [0.15, 0.2) is 22.3 Å². The van der Waals surface area contributed by atoms with Gasteiger partial charge in [-0.3, -0.25) is 0 Å². The molecule has 0 aliphatic heterocycles. The molecule has 66 valence electrons. The molecule has 0 atom stereocenters. The van der Waals surface area contributed by atoms with Crippen molar-refractivity contribution in [3.8, 4) is 0 Å². The third-order valence-electron chi connectivity index (χ3n) is 0.935.